The second kappa shape index (κ2) is 19.6. The summed E-state index contributed by atoms with van der Waals surface area (Å²) in [4.78, 5) is 23.2. The van der Waals surface area contributed by atoms with Crippen molar-refractivity contribution in [1.29, 1.82) is 0 Å². The Morgan fingerprint density at radius 3 is 1.46 bits per heavy atom. The van der Waals surface area contributed by atoms with E-state index in [1.165, 1.54) is 36.4 Å². The van der Waals surface area contributed by atoms with Gasteiger partial charge in [0.25, 0.3) is 5.91 Å². The molecule has 57 heavy (non-hydrogen) atoms. The Bertz CT molecular complexity index is 2400. The molecule has 0 aliphatic heterocycles. The number of nitrogens with two attached hydrogens (primary N) is 1. The lowest BCUT2D eigenvalue weighted by molar-refractivity contribution is -0.138. The Balaban J connectivity index is 0.000000228. The number of ether oxygens (including phenoxy) is 2. The van der Waals surface area contributed by atoms with Gasteiger partial charge in [-0.3, -0.25) is 4.79 Å². The Morgan fingerprint density at radius 1 is 0.632 bits per heavy atom. The predicted octanol–water partition coefficient (Wildman–Crippen LogP) is 10.7. The first kappa shape index (κ1) is 42.8. The highest BCUT2D eigenvalue weighted by Crippen LogP contribution is 2.35. The van der Waals surface area contributed by atoms with E-state index < -0.39 is 29.4 Å². The van der Waals surface area contributed by atoms with Crippen LogP contribution in [0.1, 0.15) is 44.7 Å². The van der Waals surface area contributed by atoms with Crippen LogP contribution in [0.2, 0.25) is 0 Å². The molecule has 6 rings (SSSR count). The summed E-state index contributed by atoms with van der Waals surface area (Å²) >= 11 is 0. The molecule has 0 unspecified atom stereocenters. The van der Waals surface area contributed by atoms with E-state index in [1.807, 2.05) is 6.07 Å². The number of carbonyl (C=O) groups excluding carboxylic acids is 1. The molecule has 0 atom stereocenters. The van der Waals surface area contributed by atoms with Crippen LogP contribution < -0.4 is 20.5 Å². The summed E-state index contributed by atoms with van der Waals surface area (Å²) < 4.78 is 87.1. The largest absolute Gasteiger partial charge is 0.478 e. The number of hydrogen-bond donors (Lipinski definition) is 3. The fraction of sp³-hybridized carbons (Fsp3) is 0.136. The second-order valence-electron chi connectivity index (χ2n) is 11.9. The minimum Gasteiger partial charge on any atom is -0.478 e. The number of alkyl halides is 6. The molecule has 1 amide bonds. The summed E-state index contributed by atoms with van der Waals surface area (Å²) in [6.45, 7) is 1.00. The molecule has 0 bridgehead atoms. The van der Waals surface area contributed by atoms with Gasteiger partial charge in [0.15, 0.2) is 0 Å². The average Bonchev–Trinajstić information content (AvgIpc) is 3.18. The van der Waals surface area contributed by atoms with Gasteiger partial charge in [-0.05, 0) is 108 Å². The zero-order chi connectivity index (χ0) is 41.6. The van der Waals surface area contributed by atoms with Crippen molar-refractivity contribution in [2.75, 3.05) is 13.1 Å². The number of nitrogens with one attached hydrogen (secondary N) is 1. The smallest absolute Gasteiger partial charge is 0.416 e. The minimum atomic E-state index is -4.40. The molecule has 0 saturated carbocycles. The first-order chi connectivity index (χ1) is 27.1. The van der Waals surface area contributed by atoms with E-state index in [0.29, 0.717) is 53.8 Å². The molecular weight excluding hydrogens is 750 g/mol. The van der Waals surface area contributed by atoms with Crippen LogP contribution >= 0.6 is 0 Å². The Kier molecular flexibility index (Phi) is 14.7. The zero-order valence-corrected chi connectivity index (χ0v) is 30.0. The van der Waals surface area contributed by atoms with Crippen molar-refractivity contribution in [1.82, 2.24) is 5.32 Å². The molecule has 292 valence electrons. The summed E-state index contributed by atoms with van der Waals surface area (Å²) in [5, 5.41) is 14.6. The molecule has 0 fully saturated rings. The lowest BCUT2D eigenvalue weighted by Gasteiger charge is -2.11. The zero-order valence-electron chi connectivity index (χ0n) is 30.0. The summed E-state index contributed by atoms with van der Waals surface area (Å²) in [5.74, 6) is 5.05. The fourth-order valence-corrected chi connectivity index (χ4v) is 5.07. The van der Waals surface area contributed by atoms with E-state index in [2.05, 4.69) is 17.2 Å². The molecule has 6 aromatic rings. The number of carboxylic acids is 1. The molecule has 0 heterocycles. The average molecular weight is 785 g/mol. The van der Waals surface area contributed by atoms with Gasteiger partial charge in [-0.1, -0.05) is 24.3 Å². The highest BCUT2D eigenvalue weighted by Gasteiger charge is 2.31. The standard InChI is InChI=1S/C22H16F3NO2.C18H11F3O3.C4H7N/c1-2-3-13-26-21(27)16-7-12-19-15(14-16)5-4-6-20(19)28-18-10-8-17(9-11-18)22(23,24)25;19-18(20,21)13-5-7-14(8-6-13)24-16-3-1-2-11-10-12(17(22)23)4-9-15(11)16;1-2-3-4-5/h1,4-12,14H,3,13H2,(H,26,27);1-10H,(H,22,23);1H,3-5H2. The second-order valence-corrected chi connectivity index (χ2v) is 11.9. The molecular formula is C44H34F6N2O5. The van der Waals surface area contributed by atoms with Crippen LogP contribution in [0.3, 0.4) is 0 Å². The number of carboxylic acid groups (broad SMARTS) is 1. The predicted molar refractivity (Wildman–Crippen MR) is 206 cm³/mol. The minimum absolute atomic E-state index is 0.147. The van der Waals surface area contributed by atoms with Crippen molar-refractivity contribution < 1.29 is 50.5 Å². The Hall–Kier alpha value is -6.96. The molecule has 6 aromatic carbocycles. The van der Waals surface area contributed by atoms with Crippen molar-refractivity contribution in [2.24, 2.45) is 5.73 Å². The van der Waals surface area contributed by atoms with Gasteiger partial charge in [-0.2, -0.15) is 26.3 Å². The monoisotopic (exact) mass is 784 g/mol. The van der Waals surface area contributed by atoms with Gasteiger partial charge in [-0.15, -0.1) is 24.7 Å². The summed E-state index contributed by atoms with van der Waals surface area (Å²) in [7, 11) is 0. The van der Waals surface area contributed by atoms with E-state index in [0.717, 1.165) is 35.0 Å². The third-order valence-electron chi connectivity index (χ3n) is 7.85. The van der Waals surface area contributed by atoms with Crippen LogP contribution in [-0.4, -0.2) is 30.1 Å². The van der Waals surface area contributed by atoms with Crippen LogP contribution in [0.5, 0.6) is 23.0 Å². The lowest BCUT2D eigenvalue weighted by Crippen LogP contribution is -2.24. The molecule has 0 spiro atoms. The van der Waals surface area contributed by atoms with Crippen LogP contribution in [0.4, 0.5) is 26.3 Å². The number of benzene rings is 6. The molecule has 0 aromatic heterocycles. The van der Waals surface area contributed by atoms with Crippen LogP contribution in [-0.2, 0) is 12.4 Å². The number of carbonyl (C=O) groups is 2. The Morgan fingerprint density at radius 2 is 1.07 bits per heavy atom. The van der Waals surface area contributed by atoms with Crippen LogP contribution in [0, 0.1) is 24.7 Å². The van der Waals surface area contributed by atoms with Gasteiger partial charge in [0, 0.05) is 42.3 Å². The Labute approximate surface area is 324 Å². The maximum atomic E-state index is 12.7. The third-order valence-corrected chi connectivity index (χ3v) is 7.85. The van der Waals surface area contributed by atoms with Gasteiger partial charge in [0.2, 0.25) is 0 Å². The van der Waals surface area contributed by atoms with Crippen LogP contribution in [0.15, 0.2) is 121 Å². The van der Waals surface area contributed by atoms with Gasteiger partial charge in [0.05, 0.1) is 16.7 Å². The van der Waals surface area contributed by atoms with E-state index in [1.54, 1.807) is 54.6 Å². The van der Waals surface area contributed by atoms with Gasteiger partial charge in [0.1, 0.15) is 23.0 Å². The number of amides is 1. The molecule has 0 saturated heterocycles. The highest BCUT2D eigenvalue weighted by molar-refractivity contribution is 6.00. The first-order valence-electron chi connectivity index (χ1n) is 17.0. The van der Waals surface area contributed by atoms with Gasteiger partial charge < -0.3 is 25.6 Å². The number of rotatable bonds is 9. The number of aromatic carboxylic acids is 1. The van der Waals surface area contributed by atoms with Crippen LogP contribution in [0.25, 0.3) is 21.5 Å². The number of hydrogen-bond acceptors (Lipinski definition) is 5. The van der Waals surface area contributed by atoms with E-state index >= 15 is 0 Å². The maximum Gasteiger partial charge on any atom is 0.416 e. The number of terminal acetylenes is 2. The molecule has 13 heteroatoms. The summed E-state index contributed by atoms with van der Waals surface area (Å²) in [6, 6.07) is 28.9. The van der Waals surface area contributed by atoms with Crippen molar-refractivity contribution >= 4 is 33.4 Å². The fourth-order valence-electron chi connectivity index (χ4n) is 5.07. The third kappa shape index (κ3) is 12.3. The van der Waals surface area contributed by atoms with Crippen molar-refractivity contribution in [3.05, 3.63) is 144 Å². The number of fused-ring (bicyclic) bond motifs is 2. The first-order valence-corrected chi connectivity index (χ1v) is 17.0. The van der Waals surface area contributed by atoms with E-state index in [9.17, 15) is 35.9 Å². The number of halogens is 6. The van der Waals surface area contributed by atoms with Crippen molar-refractivity contribution in [3.8, 4) is 47.7 Å². The molecule has 0 aliphatic carbocycles. The molecule has 4 N–H and O–H groups in total. The topological polar surface area (TPSA) is 111 Å². The molecule has 0 aliphatic rings. The quantitative estimate of drug-likeness (QED) is 0.0765. The van der Waals surface area contributed by atoms with Crippen molar-refractivity contribution in [2.45, 2.75) is 25.2 Å². The summed E-state index contributed by atoms with van der Waals surface area (Å²) in [5.41, 5.74) is 4.14. The maximum absolute atomic E-state index is 12.7. The van der Waals surface area contributed by atoms with E-state index in [-0.39, 0.29) is 23.0 Å². The van der Waals surface area contributed by atoms with Gasteiger partial charge >= 0.3 is 18.3 Å². The molecule has 7 nitrogen and oxygen atoms in total. The molecule has 0 radical (unpaired) electrons. The highest BCUT2D eigenvalue weighted by atomic mass is 19.4. The summed E-state index contributed by atoms with van der Waals surface area (Å²) in [6.07, 6.45) is 2.33. The van der Waals surface area contributed by atoms with E-state index in [4.69, 9.17) is 33.2 Å². The SMILES string of the molecule is C#CCCN.C#CCCNC(=O)c1ccc2c(Oc3ccc(C(F)(F)F)cc3)cccc2c1.O=C(O)c1ccc2c(Oc3ccc(C(F)(F)F)cc3)cccc2c1. The normalized spacial score (nSPS) is 10.8. The lowest BCUT2D eigenvalue weighted by atomic mass is 10.1. The van der Waals surface area contributed by atoms with Gasteiger partial charge in [-0.25, -0.2) is 4.79 Å². The van der Waals surface area contributed by atoms with Crippen molar-refractivity contribution in [3.63, 3.8) is 0 Å².